The van der Waals surface area contributed by atoms with E-state index in [0.717, 1.165) is 32.0 Å². The summed E-state index contributed by atoms with van der Waals surface area (Å²) < 4.78 is 0. The van der Waals surface area contributed by atoms with Crippen LogP contribution in [0.25, 0.3) is 0 Å². The van der Waals surface area contributed by atoms with Crippen LogP contribution in [0.4, 0.5) is 11.5 Å². The average Bonchev–Trinajstić information content (AvgIpc) is 2.49. The second kappa shape index (κ2) is 5.67. The third-order valence-electron chi connectivity index (χ3n) is 3.68. The number of aryl methyl sites for hydroxylation is 1. The maximum absolute atomic E-state index is 5.77. The summed E-state index contributed by atoms with van der Waals surface area (Å²) >= 11 is 5.77. The molecule has 1 aromatic heterocycles. The number of aromatic nitrogens is 2. The minimum Gasteiger partial charge on any atom is -0.368 e. The van der Waals surface area contributed by atoms with Gasteiger partial charge in [0.2, 0.25) is 0 Å². The number of benzene rings is 1. The van der Waals surface area contributed by atoms with Gasteiger partial charge >= 0.3 is 0 Å². The van der Waals surface area contributed by atoms with Crippen molar-refractivity contribution in [2.45, 2.75) is 6.92 Å². The van der Waals surface area contributed by atoms with Gasteiger partial charge in [-0.25, -0.2) is 0 Å². The minimum absolute atomic E-state index is 0.437. The molecule has 0 amide bonds. The van der Waals surface area contributed by atoms with Gasteiger partial charge in [0.25, 0.3) is 0 Å². The van der Waals surface area contributed by atoms with Gasteiger partial charge in [0.05, 0.1) is 0 Å². The molecule has 3 rings (SSSR count). The van der Waals surface area contributed by atoms with Gasteiger partial charge in [-0.15, -0.1) is 10.2 Å². The Balaban J connectivity index is 1.68. The molecule has 4 nitrogen and oxygen atoms in total. The fraction of sp³-hybridized carbons (Fsp3) is 0.333. The summed E-state index contributed by atoms with van der Waals surface area (Å²) in [6.45, 7) is 6.05. The van der Waals surface area contributed by atoms with E-state index in [-0.39, 0.29) is 0 Å². The van der Waals surface area contributed by atoms with Gasteiger partial charge in [-0.2, -0.15) is 0 Å². The molecule has 0 atom stereocenters. The van der Waals surface area contributed by atoms with Crippen molar-refractivity contribution < 1.29 is 0 Å². The number of nitrogens with zero attached hydrogens (tertiary/aromatic N) is 4. The van der Waals surface area contributed by atoms with Crippen LogP contribution in [0, 0.1) is 6.92 Å². The largest absolute Gasteiger partial charge is 0.368 e. The molecule has 0 aliphatic carbocycles. The first-order valence-corrected chi connectivity index (χ1v) is 7.16. The zero-order valence-electron chi connectivity index (χ0n) is 11.5. The van der Waals surface area contributed by atoms with Gasteiger partial charge in [0, 0.05) is 31.9 Å². The van der Waals surface area contributed by atoms with Crippen LogP contribution in [0.5, 0.6) is 0 Å². The Morgan fingerprint density at radius 2 is 1.60 bits per heavy atom. The summed E-state index contributed by atoms with van der Waals surface area (Å²) in [5, 5.41) is 8.49. The molecule has 1 aliphatic heterocycles. The molecule has 1 saturated heterocycles. The number of anilines is 2. The fourth-order valence-corrected chi connectivity index (χ4v) is 2.67. The highest BCUT2D eigenvalue weighted by Crippen LogP contribution is 2.22. The maximum Gasteiger partial charge on any atom is 0.151 e. The second-order valence-corrected chi connectivity index (χ2v) is 5.36. The molecule has 20 heavy (non-hydrogen) atoms. The lowest BCUT2D eigenvalue weighted by atomic mass is 10.1. The Kier molecular flexibility index (Phi) is 3.74. The molecule has 0 bridgehead atoms. The molecule has 1 fully saturated rings. The van der Waals surface area contributed by atoms with E-state index in [1.807, 2.05) is 6.07 Å². The summed E-state index contributed by atoms with van der Waals surface area (Å²) in [6.07, 6.45) is 0. The number of rotatable bonds is 2. The Labute approximate surface area is 124 Å². The number of piperazine rings is 1. The van der Waals surface area contributed by atoms with Crippen molar-refractivity contribution in [1.82, 2.24) is 10.2 Å². The van der Waals surface area contributed by atoms with Gasteiger partial charge in [0.15, 0.2) is 11.0 Å². The minimum atomic E-state index is 0.437. The summed E-state index contributed by atoms with van der Waals surface area (Å²) in [6, 6.07) is 12.2. The van der Waals surface area contributed by atoms with Gasteiger partial charge in [-0.05, 0) is 30.7 Å². The van der Waals surface area contributed by atoms with Gasteiger partial charge in [0.1, 0.15) is 0 Å². The Hall–Kier alpha value is -1.81. The molecule has 1 aliphatic rings. The van der Waals surface area contributed by atoms with E-state index >= 15 is 0 Å². The second-order valence-electron chi connectivity index (χ2n) is 4.97. The van der Waals surface area contributed by atoms with Gasteiger partial charge < -0.3 is 9.80 Å². The Morgan fingerprint density at radius 1 is 0.900 bits per heavy atom. The van der Waals surface area contributed by atoms with Crippen LogP contribution in [0.1, 0.15) is 5.56 Å². The lowest BCUT2D eigenvalue weighted by Crippen LogP contribution is -2.47. The van der Waals surface area contributed by atoms with Crippen molar-refractivity contribution in [3.63, 3.8) is 0 Å². The topological polar surface area (TPSA) is 32.3 Å². The molecule has 0 saturated carbocycles. The highest BCUT2D eigenvalue weighted by molar-refractivity contribution is 6.29. The molecular formula is C15H17ClN4. The molecule has 2 aromatic rings. The van der Waals surface area contributed by atoms with Crippen LogP contribution in [0.3, 0.4) is 0 Å². The molecule has 0 unspecified atom stereocenters. The number of para-hydroxylation sites is 1. The van der Waals surface area contributed by atoms with Crippen LogP contribution >= 0.6 is 11.6 Å². The van der Waals surface area contributed by atoms with Crippen molar-refractivity contribution in [3.05, 3.63) is 47.1 Å². The first kappa shape index (κ1) is 13.2. The van der Waals surface area contributed by atoms with E-state index in [0.29, 0.717) is 5.15 Å². The molecule has 104 valence electrons. The first-order valence-electron chi connectivity index (χ1n) is 6.79. The van der Waals surface area contributed by atoms with Crippen molar-refractivity contribution in [2.75, 3.05) is 36.0 Å². The van der Waals surface area contributed by atoms with Crippen molar-refractivity contribution in [2.24, 2.45) is 0 Å². The Morgan fingerprint density at radius 3 is 2.25 bits per heavy atom. The SMILES string of the molecule is Cc1ccccc1N1CCN(c2ccc(Cl)nn2)CC1. The van der Waals surface area contributed by atoms with Crippen LogP contribution in [0.15, 0.2) is 36.4 Å². The average molecular weight is 289 g/mol. The molecular weight excluding hydrogens is 272 g/mol. The van der Waals surface area contributed by atoms with E-state index in [1.54, 1.807) is 6.07 Å². The quantitative estimate of drug-likeness (QED) is 0.851. The molecule has 0 spiro atoms. The van der Waals surface area contributed by atoms with E-state index in [9.17, 15) is 0 Å². The summed E-state index contributed by atoms with van der Waals surface area (Å²) in [5.74, 6) is 0.902. The molecule has 1 aromatic carbocycles. The zero-order valence-corrected chi connectivity index (χ0v) is 12.2. The van der Waals surface area contributed by atoms with Crippen LogP contribution in [0.2, 0.25) is 5.15 Å². The van der Waals surface area contributed by atoms with Crippen molar-refractivity contribution in [3.8, 4) is 0 Å². The highest BCUT2D eigenvalue weighted by Gasteiger charge is 2.19. The van der Waals surface area contributed by atoms with E-state index in [1.165, 1.54) is 11.3 Å². The summed E-state index contributed by atoms with van der Waals surface area (Å²) in [5.41, 5.74) is 2.65. The first-order chi connectivity index (χ1) is 9.74. The van der Waals surface area contributed by atoms with E-state index in [2.05, 4.69) is 51.2 Å². The van der Waals surface area contributed by atoms with Gasteiger partial charge in [-0.1, -0.05) is 29.8 Å². The third-order valence-corrected chi connectivity index (χ3v) is 3.88. The van der Waals surface area contributed by atoms with Crippen LogP contribution in [-0.2, 0) is 0 Å². The molecule has 0 N–H and O–H groups in total. The molecule has 0 radical (unpaired) electrons. The molecule has 2 heterocycles. The standard InChI is InChI=1S/C15H17ClN4/c1-12-4-2-3-5-13(12)19-8-10-20(11-9-19)15-7-6-14(16)17-18-15/h2-7H,8-11H2,1H3. The lowest BCUT2D eigenvalue weighted by Gasteiger charge is -2.37. The number of halogens is 1. The van der Waals surface area contributed by atoms with E-state index in [4.69, 9.17) is 11.6 Å². The molecule has 5 heteroatoms. The van der Waals surface area contributed by atoms with Gasteiger partial charge in [-0.3, -0.25) is 0 Å². The van der Waals surface area contributed by atoms with Crippen LogP contribution < -0.4 is 9.80 Å². The summed E-state index contributed by atoms with van der Waals surface area (Å²) in [7, 11) is 0. The maximum atomic E-state index is 5.77. The summed E-state index contributed by atoms with van der Waals surface area (Å²) in [4.78, 5) is 4.67. The monoisotopic (exact) mass is 288 g/mol. The highest BCUT2D eigenvalue weighted by atomic mass is 35.5. The van der Waals surface area contributed by atoms with Crippen LogP contribution in [-0.4, -0.2) is 36.4 Å². The fourth-order valence-electron chi connectivity index (χ4n) is 2.57. The third kappa shape index (κ3) is 2.70. The number of hydrogen-bond donors (Lipinski definition) is 0. The van der Waals surface area contributed by atoms with E-state index < -0.39 is 0 Å². The lowest BCUT2D eigenvalue weighted by molar-refractivity contribution is 0.642. The normalized spacial score (nSPS) is 15.5. The zero-order chi connectivity index (χ0) is 13.9. The Bertz CT molecular complexity index is 577. The van der Waals surface area contributed by atoms with Crippen molar-refractivity contribution >= 4 is 23.1 Å². The smallest absolute Gasteiger partial charge is 0.151 e. The predicted molar refractivity (Wildman–Crippen MR) is 82.6 cm³/mol. The number of hydrogen-bond acceptors (Lipinski definition) is 4. The van der Waals surface area contributed by atoms with Crippen molar-refractivity contribution in [1.29, 1.82) is 0 Å². The predicted octanol–water partition coefficient (Wildman–Crippen LogP) is 2.77.